The minimum absolute atomic E-state index is 0.0139. The Labute approximate surface area is 212 Å². The smallest absolute Gasteiger partial charge is 0.223 e. The van der Waals surface area contributed by atoms with Crippen molar-refractivity contribution < 1.29 is 4.79 Å². The van der Waals surface area contributed by atoms with E-state index in [9.17, 15) is 10.1 Å². The highest BCUT2D eigenvalue weighted by molar-refractivity contribution is 7.12. The average Bonchev–Trinajstić information content (AvgIpc) is 3.63. The Hall–Kier alpha value is -2.24. The van der Waals surface area contributed by atoms with Crippen LogP contribution in [0.25, 0.3) is 0 Å². The quantitative estimate of drug-likeness (QED) is 0.542. The Morgan fingerprint density at radius 1 is 1.14 bits per heavy atom. The van der Waals surface area contributed by atoms with Crippen molar-refractivity contribution in [3.63, 3.8) is 0 Å². The lowest BCUT2D eigenvalue weighted by Gasteiger charge is -2.40. The zero-order valence-corrected chi connectivity index (χ0v) is 22.1. The first-order valence-electron chi connectivity index (χ1n) is 13.4. The standard InChI is InChI=1S/C27H38N6OS/c1-17(2)26-31-30-18(3)33(26)22-14-20-8-9-21(15-22)32(20)13-12-24(25-11-10-23(16-28)35-25)29-27(34)19-6-4-5-7-19/h10-11,17,19-22,24H,4-9,12-15H2,1-3H3,(H,29,34)/t20-,21-,24-/m0/s1. The zero-order valence-electron chi connectivity index (χ0n) is 21.2. The van der Waals surface area contributed by atoms with E-state index in [1.54, 1.807) is 0 Å². The van der Waals surface area contributed by atoms with Crippen LogP contribution in [0.15, 0.2) is 12.1 Å². The number of aromatic nitrogens is 3. The molecule has 3 fully saturated rings. The van der Waals surface area contributed by atoms with Gasteiger partial charge in [0.2, 0.25) is 5.91 Å². The van der Waals surface area contributed by atoms with Gasteiger partial charge in [-0.1, -0.05) is 26.7 Å². The van der Waals surface area contributed by atoms with E-state index >= 15 is 0 Å². The molecule has 0 radical (unpaired) electrons. The molecule has 2 bridgehead atoms. The van der Waals surface area contributed by atoms with E-state index in [1.807, 2.05) is 12.1 Å². The Morgan fingerprint density at radius 2 is 1.86 bits per heavy atom. The van der Waals surface area contributed by atoms with Crippen LogP contribution < -0.4 is 5.32 Å². The fourth-order valence-corrected chi connectivity index (χ4v) is 7.58. The van der Waals surface area contributed by atoms with E-state index < -0.39 is 0 Å². The molecule has 2 aliphatic heterocycles. The fourth-order valence-electron chi connectivity index (χ4n) is 6.69. The molecule has 1 amide bonds. The van der Waals surface area contributed by atoms with E-state index in [4.69, 9.17) is 0 Å². The number of rotatable bonds is 8. The molecule has 1 saturated carbocycles. The second-order valence-electron chi connectivity index (χ2n) is 11.0. The second kappa shape index (κ2) is 10.4. The molecule has 0 unspecified atom stereocenters. The van der Waals surface area contributed by atoms with Crippen LogP contribution in [-0.2, 0) is 4.79 Å². The summed E-state index contributed by atoms with van der Waals surface area (Å²) in [7, 11) is 0. The van der Waals surface area contributed by atoms with Crippen molar-refractivity contribution >= 4 is 17.2 Å². The van der Waals surface area contributed by atoms with Gasteiger partial charge in [-0.25, -0.2) is 0 Å². The Bertz CT molecular complexity index is 1060. The summed E-state index contributed by atoms with van der Waals surface area (Å²) in [4.78, 5) is 17.5. The molecule has 2 saturated heterocycles. The van der Waals surface area contributed by atoms with Gasteiger partial charge in [0.25, 0.3) is 0 Å². The summed E-state index contributed by atoms with van der Waals surface area (Å²) in [5, 5.41) is 21.6. The molecule has 0 aromatic carbocycles. The van der Waals surface area contributed by atoms with Gasteiger partial charge >= 0.3 is 0 Å². The van der Waals surface area contributed by atoms with E-state index in [0.29, 0.717) is 28.9 Å². The summed E-state index contributed by atoms with van der Waals surface area (Å²) < 4.78 is 2.41. The first-order valence-corrected chi connectivity index (χ1v) is 14.2. The van der Waals surface area contributed by atoms with Crippen molar-refractivity contribution in [2.75, 3.05) is 6.54 Å². The van der Waals surface area contributed by atoms with Gasteiger partial charge in [0.05, 0.1) is 6.04 Å². The molecule has 1 N–H and O–H groups in total. The summed E-state index contributed by atoms with van der Waals surface area (Å²) >= 11 is 1.52. The number of carbonyl (C=O) groups is 1. The van der Waals surface area contributed by atoms with Gasteiger partial charge in [-0.05, 0) is 64.0 Å². The number of fused-ring (bicyclic) bond motifs is 2. The molecule has 2 aromatic heterocycles. The van der Waals surface area contributed by atoms with Crippen LogP contribution in [0.5, 0.6) is 0 Å². The normalized spacial score (nSPS) is 25.7. The summed E-state index contributed by atoms with van der Waals surface area (Å²) in [6, 6.07) is 7.79. The number of thiophene rings is 1. The zero-order chi connectivity index (χ0) is 24.5. The van der Waals surface area contributed by atoms with Crippen LogP contribution in [0, 0.1) is 24.2 Å². The lowest BCUT2D eigenvalue weighted by molar-refractivity contribution is -0.125. The van der Waals surface area contributed by atoms with Gasteiger partial charge in [-0.2, -0.15) is 5.26 Å². The number of piperidine rings is 1. The third kappa shape index (κ3) is 5.03. The number of aryl methyl sites for hydroxylation is 1. The van der Waals surface area contributed by atoms with Crippen LogP contribution in [0.2, 0.25) is 0 Å². The number of nitriles is 1. The largest absolute Gasteiger partial charge is 0.348 e. The van der Waals surface area contributed by atoms with Gasteiger partial charge in [-0.3, -0.25) is 9.69 Å². The van der Waals surface area contributed by atoms with Gasteiger partial charge in [0.15, 0.2) is 0 Å². The highest BCUT2D eigenvalue weighted by Gasteiger charge is 2.42. The number of carbonyl (C=O) groups excluding carboxylic acids is 1. The Balaban J connectivity index is 1.27. The molecule has 7 nitrogen and oxygen atoms in total. The molecular formula is C27H38N6OS. The summed E-state index contributed by atoms with van der Waals surface area (Å²) in [5.41, 5.74) is 0. The molecule has 1 aliphatic carbocycles. The molecule has 8 heteroatoms. The van der Waals surface area contributed by atoms with Crippen molar-refractivity contribution in [2.24, 2.45) is 5.92 Å². The van der Waals surface area contributed by atoms with E-state index in [-0.39, 0.29) is 17.9 Å². The van der Waals surface area contributed by atoms with Crippen molar-refractivity contribution in [1.82, 2.24) is 25.0 Å². The van der Waals surface area contributed by atoms with E-state index in [0.717, 1.165) is 68.0 Å². The van der Waals surface area contributed by atoms with Crippen LogP contribution in [0.3, 0.4) is 0 Å². The number of nitrogens with one attached hydrogen (secondary N) is 1. The van der Waals surface area contributed by atoms with Crippen LogP contribution >= 0.6 is 11.3 Å². The van der Waals surface area contributed by atoms with Crippen molar-refractivity contribution in [3.8, 4) is 6.07 Å². The third-order valence-electron chi connectivity index (χ3n) is 8.43. The van der Waals surface area contributed by atoms with Crippen molar-refractivity contribution in [3.05, 3.63) is 33.5 Å². The third-order valence-corrected chi connectivity index (χ3v) is 9.54. The lowest BCUT2D eigenvalue weighted by Crippen LogP contribution is -2.45. The van der Waals surface area contributed by atoms with E-state index in [1.165, 1.54) is 24.2 Å². The number of hydrogen-bond acceptors (Lipinski definition) is 6. The first kappa shape index (κ1) is 24.5. The first-order chi connectivity index (χ1) is 16.9. The average molecular weight is 495 g/mol. The maximum atomic E-state index is 13.0. The van der Waals surface area contributed by atoms with Crippen LogP contribution in [0.4, 0.5) is 0 Å². The Morgan fingerprint density at radius 3 is 2.49 bits per heavy atom. The SMILES string of the molecule is Cc1nnc(C(C)C)n1C1C[C@@H]2CC[C@@H](C1)N2CC[C@H](NC(=O)C1CCCC1)c1ccc(C#N)s1. The second-order valence-corrected chi connectivity index (χ2v) is 12.1. The van der Waals surface area contributed by atoms with Gasteiger partial charge < -0.3 is 9.88 Å². The monoisotopic (exact) mass is 494 g/mol. The summed E-state index contributed by atoms with van der Waals surface area (Å²) in [6.45, 7) is 7.47. The van der Waals surface area contributed by atoms with Gasteiger partial charge in [-0.15, -0.1) is 21.5 Å². The van der Waals surface area contributed by atoms with E-state index in [2.05, 4.69) is 51.8 Å². The van der Waals surface area contributed by atoms with Gasteiger partial charge in [0, 0.05) is 41.4 Å². The summed E-state index contributed by atoms with van der Waals surface area (Å²) in [5.74, 6) is 2.88. The Kier molecular flexibility index (Phi) is 7.26. The van der Waals surface area contributed by atoms with Crippen molar-refractivity contribution in [2.45, 2.75) is 109 Å². The van der Waals surface area contributed by atoms with Crippen LogP contribution in [-0.4, -0.2) is 44.2 Å². The molecule has 35 heavy (non-hydrogen) atoms. The topological polar surface area (TPSA) is 86.8 Å². The minimum atomic E-state index is -0.0139. The maximum Gasteiger partial charge on any atom is 0.223 e. The molecule has 188 valence electrons. The van der Waals surface area contributed by atoms with Crippen LogP contribution in [0.1, 0.15) is 111 Å². The lowest BCUT2D eigenvalue weighted by atomic mass is 9.95. The predicted molar refractivity (Wildman–Crippen MR) is 137 cm³/mol. The molecule has 5 rings (SSSR count). The number of hydrogen-bond donors (Lipinski definition) is 1. The molecular weight excluding hydrogens is 456 g/mol. The predicted octanol–water partition coefficient (Wildman–Crippen LogP) is 5.25. The minimum Gasteiger partial charge on any atom is -0.348 e. The van der Waals surface area contributed by atoms with Crippen molar-refractivity contribution in [1.29, 1.82) is 5.26 Å². The molecule has 3 atom stereocenters. The molecule has 4 heterocycles. The fraction of sp³-hybridized carbons (Fsp3) is 0.704. The number of amides is 1. The molecule has 2 aromatic rings. The highest BCUT2D eigenvalue weighted by Crippen LogP contribution is 2.42. The molecule has 0 spiro atoms. The highest BCUT2D eigenvalue weighted by atomic mass is 32.1. The maximum absolute atomic E-state index is 13.0. The summed E-state index contributed by atoms with van der Waals surface area (Å²) in [6.07, 6.45) is 10.00. The number of nitrogens with zero attached hydrogens (tertiary/aromatic N) is 5. The molecule has 3 aliphatic rings. The van der Waals surface area contributed by atoms with Gasteiger partial charge in [0.1, 0.15) is 22.6 Å².